The van der Waals surface area contributed by atoms with Gasteiger partial charge >= 0.3 is 0 Å². The topological polar surface area (TPSA) is 108 Å². The summed E-state index contributed by atoms with van der Waals surface area (Å²) in [4.78, 5) is 36.3. The second-order valence-electron chi connectivity index (χ2n) is 5.85. The lowest BCUT2D eigenvalue weighted by molar-refractivity contribution is -0.308. The van der Waals surface area contributed by atoms with Gasteiger partial charge in [-0.05, 0) is 54.8 Å². The van der Waals surface area contributed by atoms with E-state index in [-0.39, 0.29) is 17.7 Å². The van der Waals surface area contributed by atoms with Crippen LogP contribution >= 0.6 is 11.8 Å². The van der Waals surface area contributed by atoms with E-state index in [2.05, 4.69) is 10.6 Å². The molecule has 28 heavy (non-hydrogen) atoms. The number of nitrogens with one attached hydrogen (secondary N) is 2. The molecule has 0 heterocycles. The molecule has 8 heteroatoms. The lowest BCUT2D eigenvalue weighted by Gasteiger charge is -2.20. The van der Waals surface area contributed by atoms with Gasteiger partial charge < -0.3 is 25.3 Å². The van der Waals surface area contributed by atoms with Crippen molar-refractivity contribution in [3.63, 3.8) is 0 Å². The molecular weight excluding hydrogens is 380 g/mol. The average Bonchev–Trinajstić information content (AvgIpc) is 2.71. The number of hydrogen-bond donors (Lipinski definition) is 2. The van der Waals surface area contributed by atoms with E-state index in [1.165, 1.54) is 24.9 Å². The minimum Gasteiger partial charge on any atom is -0.548 e. The molecule has 0 bridgehead atoms. The fraction of sp³-hybridized carbons (Fsp3) is 0.250. The third-order valence-corrected chi connectivity index (χ3v) is 4.62. The molecule has 7 nitrogen and oxygen atoms in total. The zero-order valence-electron chi connectivity index (χ0n) is 15.6. The number of anilines is 1. The fourth-order valence-corrected chi connectivity index (χ4v) is 2.92. The minimum absolute atomic E-state index is 0.166. The molecule has 2 amide bonds. The second-order valence-corrected chi connectivity index (χ2v) is 6.84. The molecule has 2 aromatic carbocycles. The summed E-state index contributed by atoms with van der Waals surface area (Å²) < 4.78 is 5.06. The highest BCUT2D eigenvalue weighted by Crippen LogP contribution is 2.18. The van der Waals surface area contributed by atoms with Gasteiger partial charge in [-0.2, -0.15) is 11.8 Å². The maximum absolute atomic E-state index is 12.6. The first-order chi connectivity index (χ1) is 13.5. The molecule has 0 unspecified atom stereocenters. The van der Waals surface area contributed by atoms with Gasteiger partial charge in [0.1, 0.15) is 5.75 Å². The highest BCUT2D eigenvalue weighted by Gasteiger charge is 2.18. The molecular formula is C20H21N2O5S-. The van der Waals surface area contributed by atoms with E-state index < -0.39 is 23.8 Å². The Hall–Kier alpha value is -3.00. The quantitative estimate of drug-likeness (QED) is 0.660. The van der Waals surface area contributed by atoms with Gasteiger partial charge in [0.25, 0.3) is 11.8 Å². The average molecular weight is 401 g/mol. The predicted molar refractivity (Wildman–Crippen MR) is 107 cm³/mol. The Morgan fingerprint density at radius 2 is 1.75 bits per heavy atom. The summed E-state index contributed by atoms with van der Waals surface area (Å²) in [5.41, 5.74) is 0.839. The van der Waals surface area contributed by atoms with Crippen molar-refractivity contribution in [1.29, 1.82) is 0 Å². The van der Waals surface area contributed by atoms with Crippen molar-refractivity contribution in [2.45, 2.75) is 12.5 Å². The third kappa shape index (κ3) is 5.75. The Labute approximate surface area is 167 Å². The number of carbonyl (C=O) groups excluding carboxylic acids is 3. The summed E-state index contributed by atoms with van der Waals surface area (Å²) in [6, 6.07) is 11.8. The van der Waals surface area contributed by atoms with Gasteiger partial charge in [-0.1, -0.05) is 12.1 Å². The summed E-state index contributed by atoms with van der Waals surface area (Å²) in [6.45, 7) is 0. The predicted octanol–water partition coefficient (Wildman–Crippen LogP) is 1.55. The Morgan fingerprint density at radius 3 is 2.36 bits per heavy atom. The number of carboxylic acids is 1. The molecule has 0 fully saturated rings. The number of benzene rings is 2. The van der Waals surface area contributed by atoms with Gasteiger partial charge in [-0.3, -0.25) is 9.59 Å². The lowest BCUT2D eigenvalue weighted by Crippen LogP contribution is -2.48. The van der Waals surface area contributed by atoms with Crippen molar-refractivity contribution in [2.75, 3.05) is 24.4 Å². The van der Waals surface area contributed by atoms with E-state index in [0.29, 0.717) is 17.1 Å². The van der Waals surface area contributed by atoms with Gasteiger partial charge in [-0.25, -0.2) is 0 Å². The van der Waals surface area contributed by atoms with Crippen molar-refractivity contribution < 1.29 is 24.2 Å². The first-order valence-electron chi connectivity index (χ1n) is 8.51. The van der Waals surface area contributed by atoms with Crippen molar-refractivity contribution in [2.24, 2.45) is 0 Å². The van der Waals surface area contributed by atoms with Crippen molar-refractivity contribution >= 4 is 35.2 Å². The van der Waals surface area contributed by atoms with Crippen LogP contribution in [0.3, 0.4) is 0 Å². The highest BCUT2D eigenvalue weighted by atomic mass is 32.2. The smallest absolute Gasteiger partial charge is 0.255 e. The summed E-state index contributed by atoms with van der Waals surface area (Å²) in [5.74, 6) is -1.16. The SMILES string of the molecule is COc1ccc(C(=O)Nc2ccccc2C(=O)N[C@H](CCSC)C(=O)[O-])cc1. The summed E-state index contributed by atoms with van der Waals surface area (Å²) in [7, 11) is 1.53. The van der Waals surface area contributed by atoms with E-state index in [1.807, 2.05) is 6.26 Å². The number of aliphatic carboxylic acids is 1. The molecule has 0 spiro atoms. The van der Waals surface area contributed by atoms with Crippen LogP contribution in [0.4, 0.5) is 5.69 Å². The maximum atomic E-state index is 12.6. The number of rotatable bonds is 9. The molecule has 2 rings (SSSR count). The first kappa shape index (κ1) is 21.3. The van der Waals surface area contributed by atoms with E-state index in [4.69, 9.17) is 4.74 Å². The number of methoxy groups -OCH3 is 1. The van der Waals surface area contributed by atoms with Gasteiger partial charge in [0.05, 0.1) is 30.4 Å². The van der Waals surface area contributed by atoms with E-state index in [9.17, 15) is 19.5 Å². The number of amides is 2. The Bertz CT molecular complexity index is 839. The third-order valence-electron chi connectivity index (χ3n) is 3.97. The molecule has 0 radical (unpaired) electrons. The Kier molecular flexibility index (Phi) is 7.88. The maximum Gasteiger partial charge on any atom is 0.255 e. The van der Waals surface area contributed by atoms with E-state index >= 15 is 0 Å². The molecule has 0 saturated heterocycles. The van der Waals surface area contributed by atoms with Gasteiger partial charge in [0, 0.05) is 5.56 Å². The Balaban J connectivity index is 2.15. The highest BCUT2D eigenvalue weighted by molar-refractivity contribution is 7.98. The minimum atomic E-state index is -1.35. The zero-order chi connectivity index (χ0) is 20.5. The zero-order valence-corrected chi connectivity index (χ0v) is 16.4. The first-order valence-corrected chi connectivity index (χ1v) is 9.90. The number of carboxylic acid groups (broad SMARTS) is 1. The van der Waals surface area contributed by atoms with Crippen molar-refractivity contribution in [3.8, 4) is 5.75 Å². The largest absolute Gasteiger partial charge is 0.548 e. The number of para-hydroxylation sites is 1. The van der Waals surface area contributed by atoms with Crippen LogP contribution in [0.1, 0.15) is 27.1 Å². The van der Waals surface area contributed by atoms with Crippen LogP contribution in [0, 0.1) is 0 Å². The van der Waals surface area contributed by atoms with E-state index in [0.717, 1.165) is 0 Å². The van der Waals surface area contributed by atoms with Crippen LogP contribution in [0.2, 0.25) is 0 Å². The molecule has 1 atom stereocenters. The number of hydrogen-bond acceptors (Lipinski definition) is 6. The van der Waals surface area contributed by atoms with Gasteiger partial charge in [0.2, 0.25) is 0 Å². The van der Waals surface area contributed by atoms with Crippen LogP contribution in [-0.2, 0) is 4.79 Å². The second kappa shape index (κ2) is 10.4. The number of carbonyl (C=O) groups is 3. The monoisotopic (exact) mass is 401 g/mol. The molecule has 148 valence electrons. The number of thioether (sulfide) groups is 1. The van der Waals surface area contributed by atoms with Crippen molar-refractivity contribution in [3.05, 3.63) is 59.7 Å². The fourth-order valence-electron chi connectivity index (χ4n) is 2.45. The lowest BCUT2D eigenvalue weighted by atomic mass is 10.1. The van der Waals surface area contributed by atoms with Gasteiger partial charge in [-0.15, -0.1) is 0 Å². The van der Waals surface area contributed by atoms with E-state index in [1.54, 1.807) is 42.5 Å². The van der Waals surface area contributed by atoms with Crippen molar-refractivity contribution in [1.82, 2.24) is 5.32 Å². The molecule has 0 aliphatic heterocycles. The normalized spacial score (nSPS) is 11.4. The molecule has 2 N–H and O–H groups in total. The molecule has 0 saturated carbocycles. The standard InChI is InChI=1S/C20H22N2O5S/c1-27-14-9-7-13(8-10-14)18(23)21-16-6-4-3-5-15(16)19(24)22-17(20(25)26)11-12-28-2/h3-10,17H,11-12H2,1-2H3,(H,21,23)(H,22,24)(H,25,26)/p-1/t17-/m1/s1. The number of ether oxygens (including phenoxy) is 1. The molecule has 0 aromatic heterocycles. The van der Waals surface area contributed by atoms with Crippen LogP contribution in [-0.4, -0.2) is 42.9 Å². The van der Waals surface area contributed by atoms with Crippen LogP contribution in [0.15, 0.2) is 48.5 Å². The Morgan fingerprint density at radius 1 is 1.07 bits per heavy atom. The molecule has 0 aliphatic rings. The molecule has 2 aromatic rings. The van der Waals surface area contributed by atoms with Crippen LogP contribution < -0.4 is 20.5 Å². The van der Waals surface area contributed by atoms with Gasteiger partial charge in [0.15, 0.2) is 0 Å². The summed E-state index contributed by atoms with van der Waals surface area (Å²) in [5, 5.41) is 16.4. The summed E-state index contributed by atoms with van der Waals surface area (Å²) in [6.07, 6.45) is 2.09. The van der Waals surface area contributed by atoms with Crippen LogP contribution in [0.5, 0.6) is 5.75 Å². The van der Waals surface area contributed by atoms with Crippen LogP contribution in [0.25, 0.3) is 0 Å². The molecule has 0 aliphatic carbocycles. The summed E-state index contributed by atoms with van der Waals surface area (Å²) >= 11 is 1.47.